The van der Waals surface area contributed by atoms with Gasteiger partial charge >= 0.3 is 0 Å². The van der Waals surface area contributed by atoms with Crippen molar-refractivity contribution >= 4 is 17.4 Å². The van der Waals surface area contributed by atoms with Gasteiger partial charge in [-0.05, 0) is 19.1 Å². The zero-order valence-electron chi connectivity index (χ0n) is 6.27. The minimum Gasteiger partial charge on any atom is -0.507 e. The monoisotopic (exact) mass is 188 g/mol. The van der Waals surface area contributed by atoms with Crippen LogP contribution in [0.5, 0.6) is 5.75 Å². The minimum absolute atomic E-state index is 0.0648. The molecule has 0 amide bonds. The molecule has 2 nitrogen and oxygen atoms in total. The molecule has 0 fully saturated rings. The van der Waals surface area contributed by atoms with Gasteiger partial charge in [0.2, 0.25) is 0 Å². The summed E-state index contributed by atoms with van der Waals surface area (Å²) in [6.45, 7) is 1.17. The predicted molar refractivity (Wildman–Crippen MR) is 43.1 cm³/mol. The van der Waals surface area contributed by atoms with Crippen molar-refractivity contribution in [2.75, 3.05) is 0 Å². The molecular formula is C8H6ClFO2. The highest BCUT2D eigenvalue weighted by atomic mass is 35.5. The van der Waals surface area contributed by atoms with Crippen LogP contribution in [0.4, 0.5) is 4.39 Å². The summed E-state index contributed by atoms with van der Waals surface area (Å²) in [4.78, 5) is 10.8. The lowest BCUT2D eigenvalue weighted by molar-refractivity contribution is 0.101. The van der Waals surface area contributed by atoms with E-state index in [4.69, 9.17) is 16.7 Å². The fourth-order valence-corrected chi connectivity index (χ4v) is 1.11. The first-order chi connectivity index (χ1) is 5.52. The van der Waals surface area contributed by atoms with E-state index in [9.17, 15) is 9.18 Å². The Labute approximate surface area is 73.6 Å². The molecule has 0 spiro atoms. The number of carbonyl (C=O) groups excluding carboxylic acids is 1. The van der Waals surface area contributed by atoms with Crippen LogP contribution in [0, 0.1) is 5.82 Å². The predicted octanol–water partition coefficient (Wildman–Crippen LogP) is 2.39. The van der Waals surface area contributed by atoms with Crippen molar-refractivity contribution in [1.29, 1.82) is 0 Å². The van der Waals surface area contributed by atoms with Gasteiger partial charge in [0.25, 0.3) is 0 Å². The first-order valence-corrected chi connectivity index (χ1v) is 3.59. The van der Waals surface area contributed by atoms with Crippen molar-refractivity contribution in [1.82, 2.24) is 0 Å². The Morgan fingerprint density at radius 3 is 2.58 bits per heavy atom. The molecule has 0 aromatic heterocycles. The van der Waals surface area contributed by atoms with E-state index in [-0.39, 0.29) is 10.6 Å². The highest BCUT2D eigenvalue weighted by Gasteiger charge is 2.13. The average molecular weight is 189 g/mol. The summed E-state index contributed by atoms with van der Waals surface area (Å²) in [5, 5.41) is 9.16. The van der Waals surface area contributed by atoms with E-state index in [1.807, 2.05) is 0 Å². The van der Waals surface area contributed by atoms with E-state index >= 15 is 0 Å². The molecule has 0 saturated carbocycles. The number of ketones is 1. The Bertz CT molecular complexity index is 313. The van der Waals surface area contributed by atoms with Gasteiger partial charge in [0.15, 0.2) is 5.78 Å². The largest absolute Gasteiger partial charge is 0.507 e. The molecule has 0 aliphatic carbocycles. The van der Waals surface area contributed by atoms with Crippen LogP contribution in [0.1, 0.15) is 17.3 Å². The number of Topliss-reactive ketones (excluding diaryl/α,β-unsaturated/α-hetero) is 1. The van der Waals surface area contributed by atoms with Crippen LogP contribution in [0.2, 0.25) is 5.02 Å². The van der Waals surface area contributed by atoms with Crippen LogP contribution in [-0.2, 0) is 0 Å². The molecule has 1 rings (SSSR count). The third-order valence-electron chi connectivity index (χ3n) is 1.39. The summed E-state index contributed by atoms with van der Waals surface area (Å²) in [5.41, 5.74) is -0.320. The number of carbonyl (C=O) groups is 1. The first-order valence-electron chi connectivity index (χ1n) is 3.21. The number of hydrogen-bond acceptors (Lipinski definition) is 2. The van der Waals surface area contributed by atoms with Crippen molar-refractivity contribution in [2.24, 2.45) is 0 Å². The molecule has 1 N–H and O–H groups in total. The van der Waals surface area contributed by atoms with Gasteiger partial charge in [-0.2, -0.15) is 0 Å². The van der Waals surface area contributed by atoms with Crippen LogP contribution < -0.4 is 0 Å². The summed E-state index contributed by atoms with van der Waals surface area (Å²) >= 11 is 5.42. The number of rotatable bonds is 1. The third kappa shape index (κ3) is 1.56. The maximum absolute atomic E-state index is 12.9. The Kier molecular flexibility index (Phi) is 2.33. The molecule has 12 heavy (non-hydrogen) atoms. The zero-order chi connectivity index (χ0) is 9.30. The summed E-state index contributed by atoms with van der Waals surface area (Å²) in [6.07, 6.45) is 0. The normalized spacial score (nSPS) is 9.92. The van der Waals surface area contributed by atoms with Gasteiger partial charge in [0.05, 0.1) is 5.56 Å². The van der Waals surface area contributed by atoms with Gasteiger partial charge in [0, 0.05) is 5.02 Å². The van der Waals surface area contributed by atoms with E-state index < -0.39 is 17.3 Å². The second-order valence-electron chi connectivity index (χ2n) is 2.34. The van der Waals surface area contributed by atoms with E-state index in [0.717, 1.165) is 12.1 Å². The van der Waals surface area contributed by atoms with Crippen molar-refractivity contribution in [2.45, 2.75) is 6.92 Å². The summed E-state index contributed by atoms with van der Waals surface area (Å²) < 4.78 is 12.9. The lowest BCUT2D eigenvalue weighted by atomic mass is 10.1. The van der Waals surface area contributed by atoms with Crippen LogP contribution >= 0.6 is 11.6 Å². The van der Waals surface area contributed by atoms with Gasteiger partial charge in [-0.3, -0.25) is 4.79 Å². The fraction of sp³-hybridized carbons (Fsp3) is 0.125. The lowest BCUT2D eigenvalue weighted by Gasteiger charge is -2.01. The molecule has 0 saturated heterocycles. The Hall–Kier alpha value is -1.09. The number of benzene rings is 1. The number of phenols is 1. The summed E-state index contributed by atoms with van der Waals surface area (Å²) in [7, 11) is 0. The molecule has 0 bridgehead atoms. The van der Waals surface area contributed by atoms with Crippen molar-refractivity contribution in [3.8, 4) is 5.75 Å². The van der Waals surface area contributed by atoms with Crippen LogP contribution in [0.3, 0.4) is 0 Å². The molecule has 4 heteroatoms. The van der Waals surface area contributed by atoms with Gasteiger partial charge in [-0.1, -0.05) is 11.6 Å². The SMILES string of the molecule is CC(=O)c1c(O)cc(Cl)cc1F. The fourth-order valence-electron chi connectivity index (χ4n) is 0.909. The van der Waals surface area contributed by atoms with Gasteiger partial charge in [-0.25, -0.2) is 4.39 Å². The zero-order valence-corrected chi connectivity index (χ0v) is 7.02. The number of phenolic OH excluding ortho intramolecular Hbond substituents is 1. The molecule has 0 aliphatic heterocycles. The Morgan fingerprint density at radius 2 is 2.17 bits per heavy atom. The van der Waals surface area contributed by atoms with E-state index in [1.165, 1.54) is 6.92 Å². The molecule has 1 aromatic rings. The van der Waals surface area contributed by atoms with Crippen molar-refractivity contribution < 1.29 is 14.3 Å². The lowest BCUT2D eigenvalue weighted by Crippen LogP contribution is -1.97. The molecule has 0 radical (unpaired) electrons. The third-order valence-corrected chi connectivity index (χ3v) is 1.60. The molecule has 64 valence electrons. The van der Waals surface area contributed by atoms with Gasteiger partial charge < -0.3 is 5.11 Å². The number of aromatic hydroxyl groups is 1. The molecule has 0 aliphatic rings. The highest BCUT2D eigenvalue weighted by molar-refractivity contribution is 6.30. The molecule has 0 atom stereocenters. The highest BCUT2D eigenvalue weighted by Crippen LogP contribution is 2.25. The van der Waals surface area contributed by atoms with Gasteiger partial charge in [-0.15, -0.1) is 0 Å². The molecule has 0 unspecified atom stereocenters. The van der Waals surface area contributed by atoms with Crippen molar-refractivity contribution in [3.63, 3.8) is 0 Å². The van der Waals surface area contributed by atoms with Gasteiger partial charge in [0.1, 0.15) is 11.6 Å². The minimum atomic E-state index is -0.799. The second-order valence-corrected chi connectivity index (χ2v) is 2.77. The molecular weight excluding hydrogens is 183 g/mol. The van der Waals surface area contributed by atoms with E-state index in [0.29, 0.717) is 0 Å². The second kappa shape index (κ2) is 3.11. The molecule has 1 aromatic carbocycles. The summed E-state index contributed by atoms with van der Waals surface area (Å²) in [6, 6.07) is 2.11. The topological polar surface area (TPSA) is 37.3 Å². The Balaban J connectivity index is 3.38. The van der Waals surface area contributed by atoms with Crippen molar-refractivity contribution in [3.05, 3.63) is 28.5 Å². The standard InChI is InChI=1S/C8H6ClFO2/c1-4(11)8-6(10)2-5(9)3-7(8)12/h2-3,12H,1H3. The van der Waals surface area contributed by atoms with E-state index in [2.05, 4.69) is 0 Å². The maximum atomic E-state index is 12.9. The smallest absolute Gasteiger partial charge is 0.166 e. The van der Waals surface area contributed by atoms with E-state index in [1.54, 1.807) is 0 Å². The average Bonchev–Trinajstić information content (AvgIpc) is 1.82. The Morgan fingerprint density at radius 1 is 1.58 bits per heavy atom. The first kappa shape index (κ1) is 9.00. The van der Waals surface area contributed by atoms with Crippen LogP contribution in [0.15, 0.2) is 12.1 Å². The number of halogens is 2. The number of hydrogen-bond donors (Lipinski definition) is 1. The van der Waals surface area contributed by atoms with Crippen LogP contribution in [0.25, 0.3) is 0 Å². The summed E-state index contributed by atoms with van der Waals surface area (Å²) in [5.74, 6) is -1.75. The maximum Gasteiger partial charge on any atom is 0.166 e. The molecule has 0 heterocycles. The quantitative estimate of drug-likeness (QED) is 0.687. The van der Waals surface area contributed by atoms with Crippen LogP contribution in [-0.4, -0.2) is 10.9 Å².